The monoisotopic (exact) mass is 555 g/mol. The Kier molecular flexibility index (Phi) is 8.63. The molecule has 8 nitrogen and oxygen atoms in total. The number of methoxy groups -OCH3 is 1. The van der Waals surface area contributed by atoms with Crippen LogP contribution in [0, 0.1) is 0 Å². The molecule has 2 aliphatic heterocycles. The summed E-state index contributed by atoms with van der Waals surface area (Å²) in [5, 5.41) is 16.4. The lowest BCUT2D eigenvalue weighted by molar-refractivity contribution is -0.0328. The van der Waals surface area contributed by atoms with Crippen molar-refractivity contribution < 1.29 is 24.1 Å². The van der Waals surface area contributed by atoms with Gasteiger partial charge in [0.25, 0.3) is 0 Å². The molecule has 0 aliphatic carbocycles. The van der Waals surface area contributed by atoms with E-state index in [2.05, 4.69) is 27.3 Å². The van der Waals surface area contributed by atoms with Crippen LogP contribution in [0.5, 0.6) is 17.4 Å². The van der Waals surface area contributed by atoms with Crippen molar-refractivity contribution >= 4 is 16.5 Å². The van der Waals surface area contributed by atoms with Gasteiger partial charge in [-0.05, 0) is 47.2 Å². The number of rotatable bonds is 10. The van der Waals surface area contributed by atoms with Gasteiger partial charge in [-0.2, -0.15) is 0 Å². The van der Waals surface area contributed by atoms with E-state index in [1.165, 1.54) is 0 Å². The standard InChI is InChI=1S/C33H37N3O5/c1-38-15-4-13-36-14-16-39-30-12-7-23(17-28(30)36)22-40-31-21-34-20-29(37)33(31)24-8-10-27(11-9-24)41-32-18-25-5-2-3-6-26(25)19-35-32/h2-3,5-12,17-19,29,31,33-34,37H,4,13-16,20-22H2,1H3. The summed E-state index contributed by atoms with van der Waals surface area (Å²) in [6.45, 7) is 4.84. The van der Waals surface area contributed by atoms with Crippen molar-refractivity contribution in [3.05, 3.63) is 90.1 Å². The summed E-state index contributed by atoms with van der Waals surface area (Å²) >= 11 is 0. The van der Waals surface area contributed by atoms with Crippen LogP contribution in [-0.2, 0) is 16.1 Å². The molecule has 3 aromatic carbocycles. The van der Waals surface area contributed by atoms with Crippen LogP contribution in [0.2, 0.25) is 0 Å². The van der Waals surface area contributed by atoms with Crippen LogP contribution in [0.3, 0.4) is 0 Å². The molecule has 41 heavy (non-hydrogen) atoms. The molecule has 0 bridgehead atoms. The molecule has 3 heterocycles. The number of ether oxygens (including phenoxy) is 4. The summed E-state index contributed by atoms with van der Waals surface area (Å²) in [4.78, 5) is 6.79. The summed E-state index contributed by atoms with van der Waals surface area (Å²) in [6, 6.07) is 24.2. The maximum absolute atomic E-state index is 11.0. The molecule has 0 spiro atoms. The highest BCUT2D eigenvalue weighted by molar-refractivity contribution is 5.82. The molecule has 1 fully saturated rings. The van der Waals surface area contributed by atoms with Gasteiger partial charge in [0.1, 0.15) is 18.1 Å². The van der Waals surface area contributed by atoms with Crippen LogP contribution in [0.15, 0.2) is 79.0 Å². The lowest BCUT2D eigenvalue weighted by Crippen LogP contribution is -2.49. The number of anilines is 1. The number of aliphatic hydroxyl groups excluding tert-OH is 1. The second-order valence-electron chi connectivity index (χ2n) is 10.6. The van der Waals surface area contributed by atoms with Crippen molar-refractivity contribution in [1.82, 2.24) is 10.3 Å². The van der Waals surface area contributed by atoms with Crippen molar-refractivity contribution in [3.63, 3.8) is 0 Å². The third-order valence-corrected chi connectivity index (χ3v) is 7.83. The number of fused-ring (bicyclic) bond motifs is 2. The summed E-state index contributed by atoms with van der Waals surface area (Å²) in [5.74, 6) is 2.00. The number of β-amino-alcohol motifs (C(OH)–C–C–N with tert-alkyl or cyclic N) is 1. The van der Waals surface area contributed by atoms with Crippen molar-refractivity contribution in [3.8, 4) is 17.4 Å². The second kappa shape index (κ2) is 12.9. The first-order chi connectivity index (χ1) is 20.2. The number of piperidine rings is 1. The summed E-state index contributed by atoms with van der Waals surface area (Å²) in [7, 11) is 1.73. The number of hydrogen-bond donors (Lipinski definition) is 2. The van der Waals surface area contributed by atoms with Gasteiger partial charge in [-0.1, -0.05) is 42.5 Å². The minimum absolute atomic E-state index is 0.157. The van der Waals surface area contributed by atoms with Crippen LogP contribution in [-0.4, -0.2) is 68.8 Å². The summed E-state index contributed by atoms with van der Waals surface area (Å²) in [5.41, 5.74) is 3.20. The molecule has 3 unspecified atom stereocenters. The van der Waals surface area contributed by atoms with E-state index in [1.54, 1.807) is 7.11 Å². The van der Waals surface area contributed by atoms with Gasteiger partial charge in [0.15, 0.2) is 0 Å². The smallest absolute Gasteiger partial charge is 0.219 e. The Labute approximate surface area is 240 Å². The van der Waals surface area contributed by atoms with Gasteiger partial charge in [-0.25, -0.2) is 4.98 Å². The fourth-order valence-electron chi connectivity index (χ4n) is 5.72. The van der Waals surface area contributed by atoms with Crippen molar-refractivity contribution in [2.75, 3.05) is 51.4 Å². The first-order valence-corrected chi connectivity index (χ1v) is 14.3. The zero-order valence-corrected chi connectivity index (χ0v) is 23.4. The second-order valence-corrected chi connectivity index (χ2v) is 10.6. The first-order valence-electron chi connectivity index (χ1n) is 14.3. The molecule has 1 saturated heterocycles. The molecule has 214 valence electrons. The Morgan fingerprint density at radius 2 is 1.88 bits per heavy atom. The number of hydrogen-bond acceptors (Lipinski definition) is 8. The molecule has 2 aliphatic rings. The van der Waals surface area contributed by atoms with E-state index in [-0.39, 0.29) is 12.0 Å². The molecule has 0 radical (unpaired) electrons. The van der Waals surface area contributed by atoms with Gasteiger partial charge in [-0.15, -0.1) is 0 Å². The van der Waals surface area contributed by atoms with E-state index in [9.17, 15) is 5.11 Å². The van der Waals surface area contributed by atoms with Crippen LogP contribution >= 0.6 is 0 Å². The normalized spacial score (nSPS) is 20.4. The molecule has 8 heteroatoms. The molecule has 2 N–H and O–H groups in total. The van der Waals surface area contributed by atoms with Crippen molar-refractivity contribution in [2.24, 2.45) is 0 Å². The van der Waals surface area contributed by atoms with Gasteiger partial charge in [0.2, 0.25) is 5.88 Å². The Bertz CT molecular complexity index is 1450. The molecule has 4 aromatic rings. The van der Waals surface area contributed by atoms with Crippen LogP contribution in [0.4, 0.5) is 5.69 Å². The topological polar surface area (TPSA) is 85.3 Å². The number of nitrogens with one attached hydrogen (secondary N) is 1. The lowest BCUT2D eigenvalue weighted by atomic mass is 9.85. The molecule has 0 amide bonds. The highest BCUT2D eigenvalue weighted by atomic mass is 16.5. The number of benzene rings is 3. The fourth-order valence-corrected chi connectivity index (χ4v) is 5.72. The minimum atomic E-state index is -0.559. The summed E-state index contributed by atoms with van der Waals surface area (Å²) in [6.07, 6.45) is 2.04. The maximum Gasteiger partial charge on any atom is 0.219 e. The quantitative estimate of drug-likeness (QED) is 0.268. The van der Waals surface area contributed by atoms with Crippen LogP contribution < -0.4 is 19.7 Å². The number of aliphatic hydroxyl groups is 1. The van der Waals surface area contributed by atoms with E-state index in [1.807, 2.05) is 66.9 Å². The van der Waals surface area contributed by atoms with E-state index in [4.69, 9.17) is 18.9 Å². The summed E-state index contributed by atoms with van der Waals surface area (Å²) < 4.78 is 23.6. The third kappa shape index (κ3) is 6.47. The Morgan fingerprint density at radius 3 is 2.73 bits per heavy atom. The molecule has 1 aromatic heterocycles. The van der Waals surface area contributed by atoms with E-state index >= 15 is 0 Å². The number of pyridine rings is 1. The molecule has 3 atom stereocenters. The zero-order chi connectivity index (χ0) is 28.0. The molecular formula is C33H37N3O5. The van der Waals surface area contributed by atoms with Gasteiger partial charge in [0.05, 0.1) is 31.0 Å². The fraction of sp³-hybridized carbons (Fsp3) is 0.364. The largest absolute Gasteiger partial charge is 0.490 e. The Morgan fingerprint density at radius 1 is 1.02 bits per heavy atom. The lowest BCUT2D eigenvalue weighted by Gasteiger charge is -2.36. The molecule has 6 rings (SSSR count). The van der Waals surface area contributed by atoms with Crippen LogP contribution in [0.1, 0.15) is 23.5 Å². The predicted molar refractivity (Wildman–Crippen MR) is 159 cm³/mol. The van der Waals surface area contributed by atoms with Gasteiger partial charge < -0.3 is 34.3 Å². The van der Waals surface area contributed by atoms with Crippen molar-refractivity contribution in [2.45, 2.75) is 31.2 Å². The highest BCUT2D eigenvalue weighted by Gasteiger charge is 2.34. The number of nitrogens with zero attached hydrogens (tertiary/aromatic N) is 2. The zero-order valence-electron chi connectivity index (χ0n) is 23.4. The predicted octanol–water partition coefficient (Wildman–Crippen LogP) is 4.90. The van der Waals surface area contributed by atoms with Gasteiger partial charge in [-0.3, -0.25) is 0 Å². The molecular weight excluding hydrogens is 518 g/mol. The molecule has 0 saturated carbocycles. The Balaban J connectivity index is 1.12. The van der Waals surface area contributed by atoms with E-state index in [0.717, 1.165) is 59.5 Å². The van der Waals surface area contributed by atoms with Gasteiger partial charge in [0, 0.05) is 56.9 Å². The van der Waals surface area contributed by atoms with Crippen molar-refractivity contribution in [1.29, 1.82) is 0 Å². The third-order valence-electron chi connectivity index (χ3n) is 7.83. The Hall–Kier alpha value is -3.69. The highest BCUT2D eigenvalue weighted by Crippen LogP contribution is 2.34. The average molecular weight is 556 g/mol. The SMILES string of the molecule is COCCCN1CCOc2ccc(COC3CNCC(O)C3c3ccc(Oc4cc5ccccc5cn4)cc3)cc21. The van der Waals surface area contributed by atoms with E-state index in [0.29, 0.717) is 37.9 Å². The van der Waals surface area contributed by atoms with E-state index < -0.39 is 6.10 Å². The average Bonchev–Trinajstić information content (AvgIpc) is 3.01. The number of aromatic nitrogens is 1. The van der Waals surface area contributed by atoms with Gasteiger partial charge >= 0.3 is 0 Å². The minimum Gasteiger partial charge on any atom is -0.490 e. The van der Waals surface area contributed by atoms with Crippen LogP contribution in [0.25, 0.3) is 10.8 Å². The maximum atomic E-state index is 11.0. The first kappa shape index (κ1) is 27.5.